The molecule has 1 rings (SSSR count). The second kappa shape index (κ2) is 8.63. The Morgan fingerprint density at radius 1 is 1.25 bits per heavy atom. The summed E-state index contributed by atoms with van der Waals surface area (Å²) in [6.07, 6.45) is 6.54. The molecule has 1 fully saturated rings. The van der Waals surface area contributed by atoms with Gasteiger partial charge in [-0.3, -0.25) is 4.79 Å². The van der Waals surface area contributed by atoms with Crippen molar-refractivity contribution in [2.75, 3.05) is 20.3 Å². The predicted molar refractivity (Wildman–Crippen MR) is 82.8 cm³/mol. The van der Waals surface area contributed by atoms with Crippen LogP contribution in [0.15, 0.2) is 0 Å². The standard InChI is InChI=1S/C16H32N2O2/c1-5-20-12-14(13(2)3)18-15(19)11-16(17-4)9-7-6-8-10-16/h13-14,17H,5-12H2,1-4H3,(H,18,19). The van der Waals surface area contributed by atoms with Crippen molar-refractivity contribution in [2.24, 2.45) is 5.92 Å². The molecule has 1 amide bonds. The molecule has 0 aromatic heterocycles. The van der Waals surface area contributed by atoms with Gasteiger partial charge in [-0.05, 0) is 32.7 Å². The lowest BCUT2D eigenvalue weighted by molar-refractivity contribution is -0.124. The van der Waals surface area contributed by atoms with Gasteiger partial charge in [-0.2, -0.15) is 0 Å². The Kier molecular flexibility index (Phi) is 7.52. The van der Waals surface area contributed by atoms with E-state index in [1.54, 1.807) is 0 Å². The van der Waals surface area contributed by atoms with E-state index in [1.807, 2.05) is 14.0 Å². The molecule has 2 N–H and O–H groups in total. The van der Waals surface area contributed by atoms with E-state index in [0.717, 1.165) is 12.8 Å². The molecule has 118 valence electrons. The summed E-state index contributed by atoms with van der Waals surface area (Å²) in [5, 5.41) is 6.56. The van der Waals surface area contributed by atoms with Crippen LogP contribution in [0.2, 0.25) is 0 Å². The third kappa shape index (κ3) is 5.41. The number of carbonyl (C=O) groups excluding carboxylic acids is 1. The molecular weight excluding hydrogens is 252 g/mol. The monoisotopic (exact) mass is 284 g/mol. The number of nitrogens with one attached hydrogen (secondary N) is 2. The second-order valence-electron chi connectivity index (χ2n) is 6.35. The van der Waals surface area contributed by atoms with Crippen LogP contribution in [0.3, 0.4) is 0 Å². The first-order valence-electron chi connectivity index (χ1n) is 8.09. The predicted octanol–water partition coefficient (Wildman–Crippen LogP) is 2.48. The minimum Gasteiger partial charge on any atom is -0.380 e. The van der Waals surface area contributed by atoms with Crippen molar-refractivity contribution in [1.29, 1.82) is 0 Å². The van der Waals surface area contributed by atoms with E-state index in [1.165, 1.54) is 19.3 Å². The molecule has 1 atom stereocenters. The summed E-state index contributed by atoms with van der Waals surface area (Å²) >= 11 is 0. The Labute approximate surface area is 124 Å². The number of rotatable bonds is 8. The SMILES string of the molecule is CCOCC(NC(=O)CC1(NC)CCCCC1)C(C)C. The lowest BCUT2D eigenvalue weighted by atomic mass is 9.79. The Morgan fingerprint density at radius 3 is 2.40 bits per heavy atom. The van der Waals surface area contributed by atoms with E-state index in [-0.39, 0.29) is 17.5 Å². The molecule has 1 unspecified atom stereocenters. The summed E-state index contributed by atoms with van der Waals surface area (Å²) in [5.41, 5.74) is 0.00940. The van der Waals surface area contributed by atoms with Gasteiger partial charge in [0.05, 0.1) is 12.6 Å². The molecule has 0 radical (unpaired) electrons. The van der Waals surface area contributed by atoms with Crippen LogP contribution in [0.25, 0.3) is 0 Å². The van der Waals surface area contributed by atoms with Gasteiger partial charge in [0.15, 0.2) is 0 Å². The molecule has 1 saturated carbocycles. The molecule has 1 aliphatic carbocycles. The topological polar surface area (TPSA) is 50.4 Å². The maximum atomic E-state index is 12.3. The summed E-state index contributed by atoms with van der Waals surface area (Å²) in [5.74, 6) is 0.544. The van der Waals surface area contributed by atoms with Gasteiger partial charge in [-0.25, -0.2) is 0 Å². The van der Waals surface area contributed by atoms with E-state index in [0.29, 0.717) is 25.6 Å². The molecule has 0 bridgehead atoms. The molecule has 0 heterocycles. The number of carbonyl (C=O) groups is 1. The summed E-state index contributed by atoms with van der Waals surface area (Å²) in [6, 6.07) is 0.111. The van der Waals surface area contributed by atoms with E-state index < -0.39 is 0 Å². The Morgan fingerprint density at radius 2 is 1.90 bits per heavy atom. The van der Waals surface area contributed by atoms with Crippen molar-refractivity contribution in [2.45, 2.75) is 70.9 Å². The van der Waals surface area contributed by atoms with Crippen LogP contribution >= 0.6 is 0 Å². The van der Waals surface area contributed by atoms with E-state index in [2.05, 4.69) is 24.5 Å². The summed E-state index contributed by atoms with van der Waals surface area (Å²) < 4.78 is 5.47. The van der Waals surface area contributed by atoms with Crippen LogP contribution in [0.1, 0.15) is 59.3 Å². The fraction of sp³-hybridized carbons (Fsp3) is 0.938. The lowest BCUT2D eigenvalue weighted by Crippen LogP contribution is -2.50. The lowest BCUT2D eigenvalue weighted by Gasteiger charge is -2.37. The Bertz CT molecular complexity index is 286. The van der Waals surface area contributed by atoms with Gasteiger partial charge in [-0.1, -0.05) is 33.1 Å². The molecule has 0 aromatic rings. The number of hydrogen-bond acceptors (Lipinski definition) is 3. The molecule has 0 spiro atoms. The summed E-state index contributed by atoms with van der Waals surface area (Å²) in [4.78, 5) is 12.3. The maximum Gasteiger partial charge on any atom is 0.222 e. The Balaban J connectivity index is 2.50. The highest BCUT2D eigenvalue weighted by Gasteiger charge is 2.33. The van der Waals surface area contributed by atoms with Gasteiger partial charge in [0.25, 0.3) is 0 Å². The average molecular weight is 284 g/mol. The molecule has 0 saturated heterocycles. The third-order valence-electron chi connectivity index (χ3n) is 4.49. The molecule has 4 nitrogen and oxygen atoms in total. The van der Waals surface area contributed by atoms with E-state index >= 15 is 0 Å². The average Bonchev–Trinajstić information content (AvgIpc) is 2.44. The molecule has 0 aromatic carbocycles. The third-order valence-corrected chi connectivity index (χ3v) is 4.49. The smallest absolute Gasteiger partial charge is 0.222 e. The summed E-state index contributed by atoms with van der Waals surface area (Å²) in [6.45, 7) is 7.53. The number of ether oxygens (including phenoxy) is 1. The molecule has 20 heavy (non-hydrogen) atoms. The highest BCUT2D eigenvalue weighted by atomic mass is 16.5. The van der Waals surface area contributed by atoms with Gasteiger partial charge >= 0.3 is 0 Å². The van der Waals surface area contributed by atoms with Gasteiger partial charge in [0.1, 0.15) is 0 Å². The van der Waals surface area contributed by atoms with Crippen LogP contribution in [0, 0.1) is 5.92 Å². The largest absolute Gasteiger partial charge is 0.380 e. The van der Waals surface area contributed by atoms with Crippen LogP contribution < -0.4 is 10.6 Å². The van der Waals surface area contributed by atoms with Crippen LogP contribution in [0.5, 0.6) is 0 Å². The molecular formula is C16H32N2O2. The first-order chi connectivity index (χ1) is 9.53. The van der Waals surface area contributed by atoms with Crippen molar-refractivity contribution in [3.8, 4) is 0 Å². The van der Waals surface area contributed by atoms with Crippen molar-refractivity contribution < 1.29 is 9.53 Å². The zero-order chi connectivity index (χ0) is 15.0. The zero-order valence-corrected chi connectivity index (χ0v) is 13.6. The van der Waals surface area contributed by atoms with Crippen molar-refractivity contribution in [1.82, 2.24) is 10.6 Å². The van der Waals surface area contributed by atoms with E-state index in [4.69, 9.17) is 4.74 Å². The van der Waals surface area contributed by atoms with Crippen molar-refractivity contribution >= 4 is 5.91 Å². The molecule has 0 aliphatic heterocycles. The highest BCUT2D eigenvalue weighted by molar-refractivity contribution is 5.77. The first kappa shape index (κ1) is 17.4. The first-order valence-corrected chi connectivity index (χ1v) is 8.09. The summed E-state index contributed by atoms with van der Waals surface area (Å²) in [7, 11) is 1.98. The quantitative estimate of drug-likeness (QED) is 0.720. The molecule has 4 heteroatoms. The van der Waals surface area contributed by atoms with Crippen molar-refractivity contribution in [3.05, 3.63) is 0 Å². The van der Waals surface area contributed by atoms with Crippen LogP contribution in [-0.2, 0) is 9.53 Å². The fourth-order valence-corrected chi connectivity index (χ4v) is 2.95. The van der Waals surface area contributed by atoms with Crippen molar-refractivity contribution in [3.63, 3.8) is 0 Å². The second-order valence-corrected chi connectivity index (χ2v) is 6.35. The minimum atomic E-state index is 0.00940. The maximum absolute atomic E-state index is 12.3. The van der Waals surface area contributed by atoms with Gasteiger partial charge in [-0.15, -0.1) is 0 Å². The highest BCUT2D eigenvalue weighted by Crippen LogP contribution is 2.30. The number of amides is 1. The van der Waals surface area contributed by atoms with Gasteiger partial charge in [0.2, 0.25) is 5.91 Å². The molecule has 1 aliphatic rings. The van der Waals surface area contributed by atoms with Gasteiger partial charge < -0.3 is 15.4 Å². The van der Waals surface area contributed by atoms with Crippen LogP contribution in [-0.4, -0.2) is 37.7 Å². The van der Waals surface area contributed by atoms with E-state index in [9.17, 15) is 4.79 Å². The van der Waals surface area contributed by atoms with Crippen LogP contribution in [0.4, 0.5) is 0 Å². The Hall–Kier alpha value is -0.610. The normalized spacial score (nSPS) is 19.9. The van der Waals surface area contributed by atoms with Gasteiger partial charge in [0, 0.05) is 18.6 Å². The minimum absolute atomic E-state index is 0.00940. The fourth-order valence-electron chi connectivity index (χ4n) is 2.95. The number of hydrogen-bond donors (Lipinski definition) is 2. The zero-order valence-electron chi connectivity index (χ0n) is 13.6.